The van der Waals surface area contributed by atoms with Crippen molar-refractivity contribution in [2.45, 2.75) is 90.8 Å². The maximum atomic E-state index is 11.1. The number of carboxylic acid groups (broad SMARTS) is 1. The Labute approximate surface area is 210 Å². The van der Waals surface area contributed by atoms with Crippen LogP contribution < -0.4 is 5.48 Å². The van der Waals surface area contributed by atoms with E-state index in [1.54, 1.807) is 5.56 Å². The van der Waals surface area contributed by atoms with E-state index in [-0.39, 0.29) is 12.0 Å². The molecule has 1 unspecified atom stereocenters. The molecular weight excluding hydrogens is 436 g/mol. The number of nitrogens with zero attached hydrogens (tertiary/aromatic N) is 1. The van der Waals surface area contributed by atoms with Crippen LogP contribution in [-0.4, -0.2) is 29.1 Å². The minimum Gasteiger partial charge on any atom is -0.481 e. The molecule has 2 aromatic rings. The molecule has 2 fully saturated rings. The highest BCUT2D eigenvalue weighted by atomic mass is 16.6. The molecule has 1 saturated heterocycles. The third kappa shape index (κ3) is 6.52. The van der Waals surface area contributed by atoms with E-state index in [1.807, 2.05) is 0 Å². The SMILES string of the molecule is CCc1cc(CONC(C)c2ccc(C3CCCCC3)c(CC)c2)ccc1CN1CC(C(=O)O)C1. The van der Waals surface area contributed by atoms with Crippen molar-refractivity contribution < 1.29 is 14.7 Å². The van der Waals surface area contributed by atoms with Crippen LogP contribution in [0.3, 0.4) is 0 Å². The Kier molecular flexibility index (Phi) is 8.99. The molecule has 0 amide bonds. The van der Waals surface area contributed by atoms with E-state index in [9.17, 15) is 4.79 Å². The molecule has 1 aliphatic heterocycles. The Bertz CT molecular complexity index is 993. The Morgan fingerprint density at radius 3 is 2.46 bits per heavy atom. The zero-order valence-electron chi connectivity index (χ0n) is 21.7. The van der Waals surface area contributed by atoms with E-state index in [2.05, 4.69) is 67.5 Å². The van der Waals surface area contributed by atoms with Crippen LogP contribution in [0.2, 0.25) is 0 Å². The molecular formula is C30H42N2O3. The minimum absolute atomic E-state index is 0.124. The van der Waals surface area contributed by atoms with Crippen LogP contribution in [0.5, 0.6) is 0 Å². The van der Waals surface area contributed by atoms with Crippen molar-refractivity contribution in [3.63, 3.8) is 0 Å². The van der Waals surface area contributed by atoms with Gasteiger partial charge in [-0.15, -0.1) is 0 Å². The summed E-state index contributed by atoms with van der Waals surface area (Å²) >= 11 is 0. The topological polar surface area (TPSA) is 61.8 Å². The highest BCUT2D eigenvalue weighted by Crippen LogP contribution is 2.35. The van der Waals surface area contributed by atoms with Crippen molar-refractivity contribution in [3.8, 4) is 0 Å². The van der Waals surface area contributed by atoms with Gasteiger partial charge in [0.25, 0.3) is 0 Å². The predicted octanol–water partition coefficient (Wildman–Crippen LogP) is 6.16. The van der Waals surface area contributed by atoms with Crippen LogP contribution in [0.1, 0.15) is 98.2 Å². The zero-order valence-corrected chi connectivity index (χ0v) is 21.7. The number of hydrogen-bond donors (Lipinski definition) is 2. The molecule has 0 radical (unpaired) electrons. The van der Waals surface area contributed by atoms with Crippen LogP contribution in [0, 0.1) is 5.92 Å². The Hall–Kier alpha value is -2.21. The first-order valence-electron chi connectivity index (χ1n) is 13.5. The lowest BCUT2D eigenvalue weighted by Crippen LogP contribution is -2.49. The number of likely N-dealkylation sites (tertiary alicyclic amines) is 1. The van der Waals surface area contributed by atoms with Crippen LogP contribution >= 0.6 is 0 Å². The van der Waals surface area contributed by atoms with Crippen LogP contribution in [0.15, 0.2) is 36.4 Å². The number of carboxylic acids is 1. The van der Waals surface area contributed by atoms with Gasteiger partial charge in [-0.05, 0) is 71.9 Å². The van der Waals surface area contributed by atoms with Gasteiger partial charge in [0.15, 0.2) is 0 Å². The lowest BCUT2D eigenvalue weighted by Gasteiger charge is -2.37. The van der Waals surface area contributed by atoms with Crippen molar-refractivity contribution in [1.29, 1.82) is 0 Å². The molecule has 2 N–H and O–H groups in total. The Morgan fingerprint density at radius 1 is 1.03 bits per heavy atom. The zero-order chi connectivity index (χ0) is 24.8. The van der Waals surface area contributed by atoms with Gasteiger partial charge in [0.1, 0.15) is 0 Å². The second kappa shape index (κ2) is 12.2. The summed E-state index contributed by atoms with van der Waals surface area (Å²) in [6.45, 7) is 9.22. The lowest BCUT2D eigenvalue weighted by atomic mass is 9.81. The Morgan fingerprint density at radius 2 is 1.77 bits per heavy atom. The van der Waals surface area contributed by atoms with E-state index >= 15 is 0 Å². The molecule has 0 bridgehead atoms. The predicted molar refractivity (Wildman–Crippen MR) is 140 cm³/mol. The summed E-state index contributed by atoms with van der Waals surface area (Å²) in [5.41, 5.74) is 11.3. The van der Waals surface area contributed by atoms with Crippen molar-refractivity contribution in [1.82, 2.24) is 10.4 Å². The van der Waals surface area contributed by atoms with Crippen LogP contribution in [0.4, 0.5) is 0 Å². The third-order valence-electron chi connectivity index (χ3n) is 7.94. The second-order valence-electron chi connectivity index (χ2n) is 10.5. The van der Waals surface area contributed by atoms with Gasteiger partial charge in [0, 0.05) is 19.6 Å². The minimum atomic E-state index is -0.683. The Balaban J connectivity index is 1.30. The third-order valence-corrected chi connectivity index (χ3v) is 7.94. The average Bonchev–Trinajstić information content (AvgIpc) is 2.86. The number of aryl methyl sites for hydroxylation is 2. The van der Waals surface area contributed by atoms with E-state index in [0.717, 1.165) is 30.9 Å². The molecule has 5 heteroatoms. The second-order valence-corrected chi connectivity index (χ2v) is 10.5. The fourth-order valence-corrected chi connectivity index (χ4v) is 5.68. The molecule has 0 aromatic heterocycles. The van der Waals surface area contributed by atoms with Gasteiger partial charge in [0.05, 0.1) is 18.6 Å². The highest BCUT2D eigenvalue weighted by molar-refractivity contribution is 5.71. The van der Waals surface area contributed by atoms with E-state index in [4.69, 9.17) is 9.94 Å². The maximum Gasteiger partial charge on any atom is 0.309 e. The van der Waals surface area contributed by atoms with Crippen LogP contribution in [-0.2, 0) is 35.6 Å². The molecule has 190 valence electrons. The lowest BCUT2D eigenvalue weighted by molar-refractivity contribution is -0.147. The maximum absolute atomic E-state index is 11.1. The van der Waals surface area contributed by atoms with Crippen molar-refractivity contribution >= 4 is 5.97 Å². The number of aliphatic carboxylic acids is 1. The normalized spacial score (nSPS) is 18.4. The molecule has 1 heterocycles. The van der Waals surface area contributed by atoms with Gasteiger partial charge in [0.2, 0.25) is 0 Å². The van der Waals surface area contributed by atoms with Crippen molar-refractivity contribution in [2.24, 2.45) is 5.92 Å². The molecule has 0 spiro atoms. The molecule has 4 rings (SSSR count). The van der Waals surface area contributed by atoms with Crippen molar-refractivity contribution in [2.75, 3.05) is 13.1 Å². The van der Waals surface area contributed by atoms with Gasteiger partial charge in [-0.2, -0.15) is 5.48 Å². The summed E-state index contributed by atoms with van der Waals surface area (Å²) in [5.74, 6) is -0.155. The summed E-state index contributed by atoms with van der Waals surface area (Å²) in [7, 11) is 0. The van der Waals surface area contributed by atoms with E-state index in [0.29, 0.717) is 19.7 Å². The monoisotopic (exact) mass is 478 g/mol. The number of carbonyl (C=O) groups is 1. The molecule has 1 saturated carbocycles. The smallest absolute Gasteiger partial charge is 0.309 e. The van der Waals surface area contributed by atoms with Crippen molar-refractivity contribution in [3.05, 3.63) is 69.8 Å². The number of rotatable bonds is 11. The fourth-order valence-electron chi connectivity index (χ4n) is 5.68. The summed E-state index contributed by atoms with van der Waals surface area (Å²) in [5, 5.41) is 9.09. The first kappa shape index (κ1) is 25.9. The van der Waals surface area contributed by atoms with Gasteiger partial charge < -0.3 is 5.11 Å². The first-order chi connectivity index (χ1) is 17.0. The molecule has 35 heavy (non-hydrogen) atoms. The quantitative estimate of drug-likeness (QED) is 0.379. The van der Waals surface area contributed by atoms with Gasteiger partial charge in [-0.25, -0.2) is 0 Å². The standard InChI is InChI=1S/C30H42N2O3/c1-4-23-15-22(11-12-27(23)17-32-18-28(19-32)30(33)34)20-35-31-21(3)26-13-14-29(24(5-2)16-26)25-9-7-6-8-10-25/h11-16,21,25,28,31H,4-10,17-20H2,1-3H3,(H,33,34). The average molecular weight is 479 g/mol. The van der Waals surface area contributed by atoms with Gasteiger partial charge in [-0.3, -0.25) is 14.5 Å². The number of hydroxylamine groups is 1. The molecule has 2 aliphatic rings. The summed E-state index contributed by atoms with van der Waals surface area (Å²) in [4.78, 5) is 19.2. The van der Waals surface area contributed by atoms with Gasteiger partial charge in [-0.1, -0.05) is 69.5 Å². The number of hydrogen-bond acceptors (Lipinski definition) is 4. The first-order valence-corrected chi connectivity index (χ1v) is 13.5. The largest absolute Gasteiger partial charge is 0.481 e. The number of nitrogens with one attached hydrogen (secondary N) is 1. The highest BCUT2D eigenvalue weighted by Gasteiger charge is 2.32. The molecule has 1 atom stereocenters. The summed E-state index contributed by atoms with van der Waals surface area (Å²) in [6, 6.07) is 13.7. The summed E-state index contributed by atoms with van der Waals surface area (Å²) < 4.78 is 0. The summed E-state index contributed by atoms with van der Waals surface area (Å²) in [6.07, 6.45) is 8.83. The van der Waals surface area contributed by atoms with E-state index in [1.165, 1.54) is 54.4 Å². The molecule has 1 aliphatic carbocycles. The van der Waals surface area contributed by atoms with Crippen LogP contribution in [0.25, 0.3) is 0 Å². The molecule has 2 aromatic carbocycles. The number of benzene rings is 2. The van der Waals surface area contributed by atoms with E-state index < -0.39 is 5.97 Å². The fraction of sp³-hybridized carbons (Fsp3) is 0.567. The van der Waals surface area contributed by atoms with Gasteiger partial charge >= 0.3 is 5.97 Å². The molecule has 5 nitrogen and oxygen atoms in total.